The van der Waals surface area contributed by atoms with Crippen LogP contribution < -0.4 is 10.2 Å². The van der Waals surface area contributed by atoms with Crippen LogP contribution in [0.15, 0.2) is 137 Å². The molecule has 5 nitrogen and oxygen atoms in total. The summed E-state index contributed by atoms with van der Waals surface area (Å²) in [6.07, 6.45) is 50.2. The summed E-state index contributed by atoms with van der Waals surface area (Å²) in [7, 11) is 0. The van der Waals surface area contributed by atoms with Crippen molar-refractivity contribution >= 4 is 5.82 Å². The molecule has 0 aromatic carbocycles. The fourth-order valence-corrected chi connectivity index (χ4v) is 10.9. The molecule has 0 saturated carbocycles. The number of nitrogens with zero attached hydrogens (tertiary/aromatic N) is 4. The second-order valence-electron chi connectivity index (χ2n) is 16.3. The number of aromatic nitrogens is 2. The van der Waals surface area contributed by atoms with Gasteiger partial charge in [-0.05, 0) is 107 Å². The van der Waals surface area contributed by atoms with Crippen molar-refractivity contribution in [3.8, 4) is 0 Å². The lowest BCUT2D eigenvalue weighted by molar-refractivity contribution is 0.151. The smallest absolute Gasteiger partial charge is 0.141 e. The van der Waals surface area contributed by atoms with Gasteiger partial charge in [0.05, 0.1) is 11.2 Å². The van der Waals surface area contributed by atoms with E-state index in [1.54, 1.807) is 11.1 Å². The first-order chi connectivity index (χ1) is 25.2. The van der Waals surface area contributed by atoms with Gasteiger partial charge in [-0.2, -0.15) is 0 Å². The van der Waals surface area contributed by atoms with Crippen molar-refractivity contribution in [1.82, 2.24) is 20.2 Å². The molecular weight excluding hydrogens is 623 g/mol. The predicted octanol–water partition coefficient (Wildman–Crippen LogP) is 9.90. The second-order valence-corrected chi connectivity index (χ2v) is 16.3. The first-order valence-corrected chi connectivity index (χ1v) is 19.9. The van der Waals surface area contributed by atoms with Crippen molar-refractivity contribution < 1.29 is 0 Å². The zero-order chi connectivity index (χ0) is 33.9. The van der Waals surface area contributed by atoms with Crippen LogP contribution in [0.2, 0.25) is 0 Å². The molecule has 1 fully saturated rings. The van der Waals surface area contributed by atoms with Crippen LogP contribution in [0.25, 0.3) is 0 Å². The number of fused-ring (bicyclic) bond motifs is 5. The van der Waals surface area contributed by atoms with Gasteiger partial charge < -0.3 is 15.1 Å². The van der Waals surface area contributed by atoms with Gasteiger partial charge in [-0.25, -0.2) is 9.97 Å². The number of hydrogen-bond acceptors (Lipinski definition) is 5. The molecule has 260 valence electrons. The quantitative estimate of drug-likeness (QED) is 0.315. The monoisotopic (exact) mass is 673 g/mol. The Labute approximate surface area is 304 Å². The molecule has 51 heavy (non-hydrogen) atoms. The van der Waals surface area contributed by atoms with Crippen LogP contribution in [-0.2, 0) is 0 Å². The highest BCUT2D eigenvalue weighted by molar-refractivity contribution is 5.66. The average molecular weight is 674 g/mol. The highest BCUT2D eigenvalue weighted by atomic mass is 15.3. The van der Waals surface area contributed by atoms with E-state index in [2.05, 4.69) is 125 Å². The van der Waals surface area contributed by atoms with E-state index in [1.807, 2.05) is 0 Å². The third-order valence-corrected chi connectivity index (χ3v) is 13.4. The van der Waals surface area contributed by atoms with Gasteiger partial charge in [0.1, 0.15) is 11.6 Å². The summed E-state index contributed by atoms with van der Waals surface area (Å²) in [6.45, 7) is 3.50. The Morgan fingerprint density at radius 2 is 1.78 bits per heavy atom. The fraction of sp³-hybridized carbons (Fsp3) is 0.435. The summed E-state index contributed by atoms with van der Waals surface area (Å²) in [5, 5.41) is 3.39. The van der Waals surface area contributed by atoms with E-state index in [-0.39, 0.29) is 5.54 Å². The Hall–Kier alpha value is -4.38. The lowest BCUT2D eigenvalue weighted by atomic mass is 9.74. The first kappa shape index (κ1) is 31.4. The van der Waals surface area contributed by atoms with Gasteiger partial charge in [-0.3, -0.25) is 0 Å². The van der Waals surface area contributed by atoms with E-state index in [1.165, 1.54) is 34.8 Å². The molecule has 1 saturated heterocycles. The lowest BCUT2D eigenvalue weighted by Gasteiger charge is -2.44. The minimum Gasteiger partial charge on any atom is -0.391 e. The van der Waals surface area contributed by atoms with Crippen LogP contribution in [0, 0.1) is 17.8 Å². The second kappa shape index (κ2) is 12.7. The van der Waals surface area contributed by atoms with Crippen molar-refractivity contribution in [1.29, 1.82) is 0 Å². The predicted molar refractivity (Wildman–Crippen MR) is 207 cm³/mol. The normalized spacial score (nSPS) is 34.7. The summed E-state index contributed by atoms with van der Waals surface area (Å²) in [5.41, 5.74) is 10.4. The van der Waals surface area contributed by atoms with Crippen LogP contribution in [0.4, 0.5) is 5.82 Å². The van der Waals surface area contributed by atoms with E-state index in [0.717, 1.165) is 82.4 Å². The van der Waals surface area contributed by atoms with Crippen molar-refractivity contribution in [3.05, 3.63) is 149 Å². The Bertz CT molecular complexity index is 1960. The van der Waals surface area contributed by atoms with Gasteiger partial charge in [0.2, 0.25) is 0 Å². The van der Waals surface area contributed by atoms with Gasteiger partial charge in [-0.15, -0.1) is 0 Å². The van der Waals surface area contributed by atoms with E-state index >= 15 is 0 Å². The molecule has 4 heterocycles. The number of nitrogens with one attached hydrogen (secondary N) is 1. The maximum absolute atomic E-state index is 5.44. The Balaban J connectivity index is 1.01. The zero-order valence-electron chi connectivity index (χ0n) is 30.1. The van der Waals surface area contributed by atoms with E-state index in [9.17, 15) is 0 Å². The number of allylic oxidation sites excluding steroid dienone is 17. The minimum atomic E-state index is 0.0736. The van der Waals surface area contributed by atoms with Gasteiger partial charge in [0, 0.05) is 65.3 Å². The van der Waals surface area contributed by atoms with E-state index in [0.29, 0.717) is 35.6 Å². The summed E-state index contributed by atoms with van der Waals surface area (Å²) in [5.74, 6) is 4.19. The number of hydrogen-bond donors (Lipinski definition) is 1. The molecule has 6 aliphatic carbocycles. The summed E-state index contributed by atoms with van der Waals surface area (Å²) in [4.78, 5) is 16.2. The van der Waals surface area contributed by atoms with Crippen molar-refractivity contribution in [2.45, 2.75) is 101 Å². The third kappa shape index (κ3) is 5.25. The SMILES string of the molecule is CC12CC=CC=C1C1C=CC(C3=CC4=C(CC3)N(c3cc(C5C=CNCC5)nc(C5CC=CCC5)n3)C3=CC=CCC34)CC1N2C1=CC=CCC1. The van der Waals surface area contributed by atoms with Crippen LogP contribution in [-0.4, -0.2) is 33.0 Å². The maximum atomic E-state index is 5.44. The summed E-state index contributed by atoms with van der Waals surface area (Å²) >= 11 is 0. The molecule has 9 aliphatic rings. The molecular formula is C46H51N5. The molecule has 5 heteroatoms. The number of likely N-dealkylation sites (tertiary alicyclic amines) is 1. The molecule has 10 rings (SSSR count). The van der Waals surface area contributed by atoms with Crippen LogP contribution in [0.3, 0.4) is 0 Å². The zero-order valence-corrected chi connectivity index (χ0v) is 30.1. The highest BCUT2D eigenvalue weighted by Crippen LogP contribution is 2.55. The Kier molecular flexibility index (Phi) is 7.80. The number of rotatable bonds is 5. The third-order valence-electron chi connectivity index (χ3n) is 13.4. The standard InChI is InChI=1S/C46H51N5/c1-46-25-11-10-17-39(46)37-21-19-34(29-43(37)51(46)35-14-6-3-7-15-35)33-20-22-42-38(28-33)36-16-8-9-18-41(36)50(42)44-30-40(31-23-26-47-27-24-31)48-45(49-44)32-12-4-2-5-13-32/h2-4,6,8-11,14,17-19,21,23,26,28,30-32,34,36-37,43,47H,5,7,12-13,15-16,20,22,24-25,27,29H2,1H3. The van der Waals surface area contributed by atoms with Crippen LogP contribution in [0.5, 0.6) is 0 Å². The van der Waals surface area contributed by atoms with Gasteiger partial charge in [0.25, 0.3) is 0 Å². The van der Waals surface area contributed by atoms with Crippen molar-refractivity contribution in [3.63, 3.8) is 0 Å². The average Bonchev–Trinajstić information content (AvgIpc) is 3.67. The Morgan fingerprint density at radius 1 is 0.843 bits per heavy atom. The molecule has 0 spiro atoms. The topological polar surface area (TPSA) is 44.3 Å². The van der Waals surface area contributed by atoms with Crippen molar-refractivity contribution in [2.75, 3.05) is 11.4 Å². The minimum absolute atomic E-state index is 0.0736. The van der Waals surface area contributed by atoms with E-state index in [4.69, 9.17) is 9.97 Å². The molecule has 0 amide bonds. The lowest BCUT2D eigenvalue weighted by Crippen LogP contribution is -2.46. The van der Waals surface area contributed by atoms with Crippen LogP contribution in [0.1, 0.15) is 101 Å². The number of anilines is 1. The summed E-state index contributed by atoms with van der Waals surface area (Å²) < 4.78 is 0. The maximum Gasteiger partial charge on any atom is 0.141 e. The molecule has 1 aromatic heterocycles. The molecule has 0 bridgehead atoms. The van der Waals surface area contributed by atoms with Gasteiger partial charge in [-0.1, -0.05) is 84.6 Å². The summed E-state index contributed by atoms with van der Waals surface area (Å²) in [6, 6.07) is 2.83. The highest BCUT2D eigenvalue weighted by Gasteiger charge is 2.53. The van der Waals surface area contributed by atoms with E-state index < -0.39 is 0 Å². The van der Waals surface area contributed by atoms with Crippen molar-refractivity contribution in [2.24, 2.45) is 17.8 Å². The van der Waals surface area contributed by atoms with Crippen LogP contribution >= 0.6 is 0 Å². The molecule has 3 aliphatic heterocycles. The molecule has 0 radical (unpaired) electrons. The van der Waals surface area contributed by atoms with Gasteiger partial charge in [0.15, 0.2) is 0 Å². The Morgan fingerprint density at radius 3 is 2.65 bits per heavy atom. The molecule has 7 unspecified atom stereocenters. The molecule has 1 N–H and O–H groups in total. The molecule has 1 aromatic rings. The largest absolute Gasteiger partial charge is 0.391 e. The fourth-order valence-electron chi connectivity index (χ4n) is 10.9. The van der Waals surface area contributed by atoms with Gasteiger partial charge >= 0.3 is 0 Å². The molecule has 7 atom stereocenters. The first-order valence-electron chi connectivity index (χ1n) is 19.9.